The minimum Gasteiger partial charge on any atom is -0.347 e. The molecule has 1 aliphatic rings. The topological polar surface area (TPSA) is 78.0 Å². The van der Waals surface area contributed by atoms with Crippen LogP contribution in [-0.2, 0) is 4.79 Å². The largest absolute Gasteiger partial charge is 0.347 e. The quantitative estimate of drug-likeness (QED) is 0.722. The highest BCUT2D eigenvalue weighted by Crippen LogP contribution is 2.37. The molecule has 1 N–H and O–H groups in total. The summed E-state index contributed by atoms with van der Waals surface area (Å²) in [6.07, 6.45) is 5.43. The Morgan fingerprint density at radius 1 is 1.24 bits per heavy atom. The number of H-pyrrole nitrogens is 1. The number of anilines is 1. The Labute approximate surface area is 170 Å². The van der Waals surface area contributed by atoms with Gasteiger partial charge >= 0.3 is 0 Å². The van der Waals surface area contributed by atoms with Crippen LogP contribution in [-0.4, -0.2) is 51.6 Å². The predicted octanol–water partition coefficient (Wildman–Crippen LogP) is 3.40. The molecule has 2 aromatic heterocycles. The third kappa shape index (κ3) is 3.72. The van der Waals surface area contributed by atoms with E-state index in [-0.39, 0.29) is 17.9 Å². The van der Waals surface area contributed by atoms with Crippen molar-refractivity contribution < 1.29 is 4.79 Å². The Morgan fingerprint density at radius 3 is 2.79 bits per heavy atom. The van der Waals surface area contributed by atoms with Gasteiger partial charge in [-0.15, -0.1) is 0 Å². The molecule has 1 amide bonds. The number of likely N-dealkylation sites (tertiary alicyclic amines) is 1. The van der Waals surface area contributed by atoms with Crippen LogP contribution >= 0.6 is 0 Å². The number of nitrogens with one attached hydrogen (secondary N) is 1. The summed E-state index contributed by atoms with van der Waals surface area (Å²) in [6.45, 7) is 2.74. The molecule has 3 aromatic rings. The molecule has 150 valence electrons. The monoisotopic (exact) mass is 390 g/mol. The number of carbonyl (C=O) groups is 1. The SMILES string of the molecule is C[C@@H](C(=O)N1CCC[C@@H]1c1[nH]ncc1-c1ccnc(N(C)C)n1)c1ccccc1. The van der Waals surface area contributed by atoms with Crippen molar-refractivity contribution in [1.82, 2.24) is 25.1 Å². The van der Waals surface area contributed by atoms with Crippen LogP contribution in [0.25, 0.3) is 11.3 Å². The fourth-order valence-electron chi connectivity index (χ4n) is 3.93. The van der Waals surface area contributed by atoms with Crippen molar-refractivity contribution in [2.24, 2.45) is 0 Å². The van der Waals surface area contributed by atoms with Gasteiger partial charge in [0.15, 0.2) is 0 Å². The zero-order chi connectivity index (χ0) is 20.4. The lowest BCUT2D eigenvalue weighted by Crippen LogP contribution is -2.34. The number of rotatable bonds is 5. The predicted molar refractivity (Wildman–Crippen MR) is 112 cm³/mol. The molecule has 1 aromatic carbocycles. The van der Waals surface area contributed by atoms with Crippen LogP contribution in [0.1, 0.15) is 43.0 Å². The molecule has 4 rings (SSSR count). The summed E-state index contributed by atoms with van der Waals surface area (Å²) in [7, 11) is 3.83. The summed E-state index contributed by atoms with van der Waals surface area (Å²) < 4.78 is 0. The van der Waals surface area contributed by atoms with Gasteiger partial charge < -0.3 is 9.80 Å². The maximum Gasteiger partial charge on any atom is 0.230 e. The standard InChI is InChI=1S/C22H26N6O/c1-15(16-8-5-4-6-9-16)21(29)28-13-7-10-19(28)20-17(14-24-26-20)18-11-12-23-22(25-18)27(2)3/h4-6,8-9,11-12,14-15,19H,7,10,13H2,1-3H3,(H,24,26)/t15-,19-/m1/s1. The fourth-order valence-corrected chi connectivity index (χ4v) is 3.93. The zero-order valence-electron chi connectivity index (χ0n) is 17.0. The molecule has 0 radical (unpaired) electrons. The van der Waals surface area contributed by atoms with Crippen LogP contribution in [0.3, 0.4) is 0 Å². The second-order valence-electron chi connectivity index (χ2n) is 7.66. The number of carbonyl (C=O) groups excluding carboxylic acids is 1. The number of aromatic nitrogens is 4. The van der Waals surface area contributed by atoms with Gasteiger partial charge in [-0.05, 0) is 31.4 Å². The van der Waals surface area contributed by atoms with Gasteiger partial charge in [0.2, 0.25) is 11.9 Å². The van der Waals surface area contributed by atoms with Gasteiger partial charge in [-0.2, -0.15) is 5.10 Å². The first-order valence-electron chi connectivity index (χ1n) is 9.95. The van der Waals surface area contributed by atoms with E-state index in [1.54, 1.807) is 12.4 Å². The number of nitrogens with zero attached hydrogens (tertiary/aromatic N) is 5. The summed E-state index contributed by atoms with van der Waals surface area (Å²) in [5, 5.41) is 7.42. The molecular formula is C22H26N6O. The Bertz CT molecular complexity index is 984. The van der Waals surface area contributed by atoms with E-state index < -0.39 is 0 Å². The number of hydrogen-bond donors (Lipinski definition) is 1. The van der Waals surface area contributed by atoms with E-state index in [1.165, 1.54) is 0 Å². The number of amides is 1. The molecule has 1 saturated heterocycles. The second-order valence-corrected chi connectivity index (χ2v) is 7.66. The molecule has 1 fully saturated rings. The van der Waals surface area contributed by atoms with Crippen LogP contribution in [0.2, 0.25) is 0 Å². The third-order valence-corrected chi connectivity index (χ3v) is 5.53. The van der Waals surface area contributed by atoms with Crippen molar-refractivity contribution in [2.75, 3.05) is 25.5 Å². The maximum atomic E-state index is 13.3. The van der Waals surface area contributed by atoms with Gasteiger partial charge in [-0.1, -0.05) is 30.3 Å². The average molecular weight is 390 g/mol. The highest BCUT2D eigenvalue weighted by Gasteiger charge is 2.35. The lowest BCUT2D eigenvalue weighted by molar-refractivity contribution is -0.133. The minimum atomic E-state index is -0.178. The molecule has 3 heterocycles. The molecule has 7 nitrogen and oxygen atoms in total. The van der Waals surface area contributed by atoms with Gasteiger partial charge in [0.1, 0.15) is 0 Å². The fraction of sp³-hybridized carbons (Fsp3) is 0.364. The van der Waals surface area contributed by atoms with Gasteiger partial charge in [-0.3, -0.25) is 9.89 Å². The van der Waals surface area contributed by atoms with E-state index >= 15 is 0 Å². The third-order valence-electron chi connectivity index (χ3n) is 5.53. The van der Waals surface area contributed by atoms with Crippen molar-refractivity contribution in [3.63, 3.8) is 0 Å². The molecule has 7 heteroatoms. The minimum absolute atomic E-state index is 0.0241. The maximum absolute atomic E-state index is 13.3. The average Bonchev–Trinajstić information content (AvgIpc) is 3.42. The molecule has 0 aliphatic carbocycles. The van der Waals surface area contributed by atoms with Crippen LogP contribution in [0.15, 0.2) is 48.8 Å². The van der Waals surface area contributed by atoms with Crippen molar-refractivity contribution in [3.8, 4) is 11.3 Å². The number of benzene rings is 1. The van der Waals surface area contributed by atoms with Gasteiger partial charge in [0, 0.05) is 32.4 Å². The number of aromatic amines is 1. The van der Waals surface area contributed by atoms with Crippen molar-refractivity contribution in [2.45, 2.75) is 31.7 Å². The first-order valence-corrected chi connectivity index (χ1v) is 9.95. The lowest BCUT2D eigenvalue weighted by Gasteiger charge is -2.27. The van der Waals surface area contributed by atoms with Crippen LogP contribution in [0, 0.1) is 0 Å². The lowest BCUT2D eigenvalue weighted by atomic mass is 9.98. The van der Waals surface area contributed by atoms with Gasteiger partial charge in [-0.25, -0.2) is 9.97 Å². The first-order chi connectivity index (χ1) is 14.1. The van der Waals surface area contributed by atoms with Crippen LogP contribution in [0.5, 0.6) is 0 Å². The highest BCUT2D eigenvalue weighted by atomic mass is 16.2. The van der Waals surface area contributed by atoms with E-state index in [2.05, 4.69) is 20.2 Å². The molecule has 1 aliphatic heterocycles. The summed E-state index contributed by atoms with van der Waals surface area (Å²) in [6, 6.07) is 11.8. The number of hydrogen-bond acceptors (Lipinski definition) is 5. The van der Waals surface area contributed by atoms with E-state index in [0.717, 1.165) is 41.9 Å². The van der Waals surface area contributed by atoms with Gasteiger partial charge in [0.25, 0.3) is 0 Å². The van der Waals surface area contributed by atoms with E-state index in [4.69, 9.17) is 0 Å². The summed E-state index contributed by atoms with van der Waals surface area (Å²) in [5.74, 6) is 0.616. The molecular weight excluding hydrogens is 364 g/mol. The van der Waals surface area contributed by atoms with Crippen molar-refractivity contribution >= 4 is 11.9 Å². The summed E-state index contributed by atoms with van der Waals surface area (Å²) in [4.78, 5) is 26.1. The smallest absolute Gasteiger partial charge is 0.230 e. The van der Waals surface area contributed by atoms with E-state index in [0.29, 0.717) is 5.95 Å². The highest BCUT2D eigenvalue weighted by molar-refractivity contribution is 5.84. The first kappa shape index (κ1) is 19.1. The normalized spacial score (nSPS) is 17.3. The van der Waals surface area contributed by atoms with Crippen LogP contribution in [0.4, 0.5) is 5.95 Å². The molecule has 0 saturated carbocycles. The molecule has 0 bridgehead atoms. The van der Waals surface area contributed by atoms with E-state index in [1.807, 2.05) is 67.2 Å². The molecule has 29 heavy (non-hydrogen) atoms. The molecule has 0 unspecified atom stereocenters. The molecule has 2 atom stereocenters. The Balaban J connectivity index is 1.63. The molecule has 0 spiro atoms. The van der Waals surface area contributed by atoms with E-state index in [9.17, 15) is 4.79 Å². The summed E-state index contributed by atoms with van der Waals surface area (Å²) >= 11 is 0. The van der Waals surface area contributed by atoms with Crippen molar-refractivity contribution in [1.29, 1.82) is 0 Å². The van der Waals surface area contributed by atoms with Gasteiger partial charge in [0.05, 0.1) is 29.5 Å². The summed E-state index contributed by atoms with van der Waals surface area (Å²) in [5.41, 5.74) is 3.72. The Morgan fingerprint density at radius 2 is 2.03 bits per heavy atom. The zero-order valence-corrected chi connectivity index (χ0v) is 17.0. The van der Waals surface area contributed by atoms with Crippen LogP contribution < -0.4 is 4.90 Å². The Kier molecular flexibility index (Phi) is 5.29. The van der Waals surface area contributed by atoms with Crippen molar-refractivity contribution in [3.05, 3.63) is 60.0 Å². The second kappa shape index (κ2) is 8.03. The Hall–Kier alpha value is -3.22.